The number of thiazole rings is 1. The first-order valence-corrected chi connectivity index (χ1v) is 10.9. The molecule has 4 rings (SSSR count). The molecule has 1 amide bonds. The first-order chi connectivity index (χ1) is 12.6. The molecule has 132 valence electrons. The van der Waals surface area contributed by atoms with E-state index in [1.54, 1.807) is 0 Å². The quantitative estimate of drug-likeness (QED) is 0.341. The van der Waals surface area contributed by atoms with Crippen LogP contribution in [-0.4, -0.2) is 10.5 Å². The number of hydrogen-bond acceptors (Lipinski definition) is 3. The van der Waals surface area contributed by atoms with Crippen LogP contribution in [0.3, 0.4) is 0 Å². The maximum atomic E-state index is 12.8. The molecule has 0 aliphatic carbocycles. The molecule has 0 bridgehead atoms. The van der Waals surface area contributed by atoms with Crippen molar-refractivity contribution in [2.75, 3.05) is 0 Å². The van der Waals surface area contributed by atoms with Crippen LogP contribution in [0, 0.1) is 0 Å². The molecule has 4 aromatic rings. The van der Waals surface area contributed by atoms with Gasteiger partial charge in [0.2, 0.25) is 0 Å². The Bertz CT molecular complexity index is 1210. The van der Waals surface area contributed by atoms with Gasteiger partial charge in [-0.05, 0) is 30.7 Å². The third-order valence-electron chi connectivity index (χ3n) is 4.02. The van der Waals surface area contributed by atoms with Gasteiger partial charge in [0, 0.05) is 21.1 Å². The van der Waals surface area contributed by atoms with Gasteiger partial charge in [0.25, 0.3) is 5.91 Å². The van der Waals surface area contributed by atoms with E-state index in [0.717, 1.165) is 37.7 Å². The van der Waals surface area contributed by atoms with Crippen molar-refractivity contribution in [2.24, 2.45) is 4.99 Å². The van der Waals surface area contributed by atoms with Crippen molar-refractivity contribution in [2.45, 2.75) is 19.9 Å². The lowest BCUT2D eigenvalue weighted by atomic mass is 10.2. The highest BCUT2D eigenvalue weighted by molar-refractivity contribution is 9.10. The number of carbonyl (C=O) groups excluding carboxylic acids is 1. The van der Waals surface area contributed by atoms with Gasteiger partial charge in [-0.1, -0.05) is 64.0 Å². The third kappa shape index (κ3) is 3.16. The molecule has 2 heterocycles. The van der Waals surface area contributed by atoms with Gasteiger partial charge in [-0.2, -0.15) is 4.99 Å². The standard InChI is InChI=1S/C19H14BrClN2OS2/c1-2-9-23-13-8-7-11(20)10-15(13)26-19(23)22-18(24)17-16(21)12-5-3-4-6-14(12)25-17/h3-8,10H,2,9H2,1H3. The lowest BCUT2D eigenvalue weighted by Crippen LogP contribution is -2.16. The van der Waals surface area contributed by atoms with E-state index in [1.165, 1.54) is 22.7 Å². The maximum absolute atomic E-state index is 12.8. The Morgan fingerprint density at radius 1 is 1.19 bits per heavy atom. The van der Waals surface area contributed by atoms with Crippen LogP contribution in [0.2, 0.25) is 5.02 Å². The maximum Gasteiger partial charge on any atom is 0.291 e. The molecule has 26 heavy (non-hydrogen) atoms. The number of carbonyl (C=O) groups is 1. The number of hydrogen-bond donors (Lipinski definition) is 0. The summed E-state index contributed by atoms with van der Waals surface area (Å²) >= 11 is 12.9. The van der Waals surface area contributed by atoms with Crippen LogP contribution in [-0.2, 0) is 6.54 Å². The van der Waals surface area contributed by atoms with Gasteiger partial charge in [-0.3, -0.25) is 4.79 Å². The number of rotatable bonds is 3. The number of halogens is 2. The van der Waals surface area contributed by atoms with E-state index in [4.69, 9.17) is 11.6 Å². The molecule has 0 saturated heterocycles. The topological polar surface area (TPSA) is 34.4 Å². The number of amides is 1. The summed E-state index contributed by atoms with van der Waals surface area (Å²) < 4.78 is 5.21. The van der Waals surface area contributed by atoms with Gasteiger partial charge in [0.15, 0.2) is 4.80 Å². The summed E-state index contributed by atoms with van der Waals surface area (Å²) in [6.45, 7) is 2.93. The minimum Gasteiger partial charge on any atom is -0.316 e. The van der Waals surface area contributed by atoms with Crippen molar-refractivity contribution in [3.8, 4) is 0 Å². The minimum atomic E-state index is -0.285. The molecule has 3 nitrogen and oxygen atoms in total. The molecule has 0 spiro atoms. The fourth-order valence-electron chi connectivity index (χ4n) is 2.86. The lowest BCUT2D eigenvalue weighted by Gasteiger charge is -2.02. The molecule has 7 heteroatoms. The molecule has 0 aliphatic heterocycles. The highest BCUT2D eigenvalue weighted by atomic mass is 79.9. The largest absolute Gasteiger partial charge is 0.316 e. The summed E-state index contributed by atoms with van der Waals surface area (Å²) in [4.78, 5) is 18.5. The Labute approximate surface area is 171 Å². The lowest BCUT2D eigenvalue weighted by molar-refractivity contribution is 0.100. The third-order valence-corrected chi connectivity index (χ3v) is 7.22. The van der Waals surface area contributed by atoms with E-state index in [9.17, 15) is 4.79 Å². The monoisotopic (exact) mass is 464 g/mol. The minimum absolute atomic E-state index is 0.285. The molecule has 0 unspecified atom stereocenters. The zero-order valence-corrected chi connectivity index (χ0v) is 17.8. The summed E-state index contributed by atoms with van der Waals surface area (Å²) in [5.74, 6) is -0.285. The molecular weight excluding hydrogens is 452 g/mol. The van der Waals surface area contributed by atoms with Crippen LogP contribution in [0.25, 0.3) is 20.3 Å². The van der Waals surface area contributed by atoms with Gasteiger partial charge in [0.1, 0.15) is 4.88 Å². The second kappa shape index (κ2) is 7.27. The molecule has 2 aromatic carbocycles. The zero-order chi connectivity index (χ0) is 18.3. The van der Waals surface area contributed by atoms with Gasteiger partial charge in [-0.15, -0.1) is 11.3 Å². The molecule has 0 radical (unpaired) electrons. The van der Waals surface area contributed by atoms with Crippen LogP contribution < -0.4 is 4.80 Å². The Balaban J connectivity index is 1.87. The zero-order valence-electron chi connectivity index (χ0n) is 13.8. The van der Waals surface area contributed by atoms with Crippen molar-refractivity contribution < 1.29 is 4.79 Å². The SMILES string of the molecule is CCCn1c(=NC(=O)c2sc3ccccc3c2Cl)sc2cc(Br)ccc21. The first kappa shape index (κ1) is 17.9. The van der Waals surface area contributed by atoms with Crippen molar-refractivity contribution >= 4 is 76.4 Å². The number of thiophene rings is 1. The Morgan fingerprint density at radius 3 is 2.77 bits per heavy atom. The van der Waals surface area contributed by atoms with Crippen molar-refractivity contribution in [1.82, 2.24) is 4.57 Å². The van der Waals surface area contributed by atoms with E-state index in [2.05, 4.69) is 44.5 Å². The fourth-order valence-corrected chi connectivity index (χ4v) is 5.86. The predicted octanol–water partition coefficient (Wildman–Crippen LogP) is 6.48. The number of benzene rings is 2. The molecule has 0 aliphatic rings. The van der Waals surface area contributed by atoms with E-state index in [-0.39, 0.29) is 5.91 Å². The summed E-state index contributed by atoms with van der Waals surface area (Å²) in [5.41, 5.74) is 1.09. The molecule has 0 saturated carbocycles. The van der Waals surface area contributed by atoms with Gasteiger partial charge < -0.3 is 4.57 Å². The smallest absolute Gasteiger partial charge is 0.291 e. The summed E-state index contributed by atoms with van der Waals surface area (Å²) in [6.07, 6.45) is 0.965. The van der Waals surface area contributed by atoms with E-state index in [0.29, 0.717) is 14.7 Å². The van der Waals surface area contributed by atoms with Crippen LogP contribution >= 0.6 is 50.2 Å². The van der Waals surface area contributed by atoms with Crippen LogP contribution in [0.5, 0.6) is 0 Å². The summed E-state index contributed by atoms with van der Waals surface area (Å²) in [6, 6.07) is 13.9. The van der Waals surface area contributed by atoms with Crippen LogP contribution in [0.4, 0.5) is 0 Å². The highest BCUT2D eigenvalue weighted by Gasteiger charge is 2.17. The fraction of sp³-hybridized carbons (Fsp3) is 0.158. The Hall–Kier alpha value is -1.47. The molecule has 2 aromatic heterocycles. The van der Waals surface area contributed by atoms with Gasteiger partial charge >= 0.3 is 0 Å². The molecule has 0 N–H and O–H groups in total. The number of aryl methyl sites for hydroxylation is 1. The second-order valence-corrected chi connectivity index (χ2v) is 9.16. The van der Waals surface area contributed by atoms with Crippen molar-refractivity contribution in [3.05, 3.63) is 61.6 Å². The van der Waals surface area contributed by atoms with Crippen molar-refractivity contribution in [3.63, 3.8) is 0 Å². The van der Waals surface area contributed by atoms with E-state index >= 15 is 0 Å². The second-order valence-electron chi connectivity index (χ2n) is 5.81. The summed E-state index contributed by atoms with van der Waals surface area (Å²) in [5, 5.41) is 1.39. The number of fused-ring (bicyclic) bond motifs is 2. The van der Waals surface area contributed by atoms with Crippen LogP contribution in [0.15, 0.2) is 51.9 Å². The first-order valence-electron chi connectivity index (χ1n) is 8.13. The van der Waals surface area contributed by atoms with Crippen molar-refractivity contribution in [1.29, 1.82) is 0 Å². The highest BCUT2D eigenvalue weighted by Crippen LogP contribution is 2.35. The average molecular weight is 466 g/mol. The molecule has 0 atom stereocenters. The summed E-state index contributed by atoms with van der Waals surface area (Å²) in [7, 11) is 0. The Morgan fingerprint density at radius 2 is 2.00 bits per heavy atom. The average Bonchev–Trinajstić information content (AvgIpc) is 3.13. The van der Waals surface area contributed by atoms with E-state index < -0.39 is 0 Å². The van der Waals surface area contributed by atoms with Gasteiger partial charge in [0.05, 0.1) is 15.2 Å². The number of nitrogens with zero attached hydrogens (tertiary/aromatic N) is 2. The van der Waals surface area contributed by atoms with E-state index in [1.807, 2.05) is 30.3 Å². The number of aromatic nitrogens is 1. The normalized spacial score (nSPS) is 12.3. The van der Waals surface area contributed by atoms with Gasteiger partial charge in [-0.25, -0.2) is 0 Å². The van der Waals surface area contributed by atoms with Crippen LogP contribution in [0.1, 0.15) is 23.0 Å². The molecule has 0 fully saturated rings. The Kier molecular flexibility index (Phi) is 5.01. The molecular formula is C19H14BrClN2OS2. The predicted molar refractivity (Wildman–Crippen MR) is 115 cm³/mol.